The zero-order valence-electron chi connectivity index (χ0n) is 10.4. The molecule has 0 amide bonds. The van der Waals surface area contributed by atoms with Crippen molar-refractivity contribution in [1.82, 2.24) is 0 Å². The van der Waals surface area contributed by atoms with Gasteiger partial charge in [-0.05, 0) is 30.7 Å². The number of hydrogen-bond donors (Lipinski definition) is 0. The van der Waals surface area contributed by atoms with Crippen LogP contribution in [0.3, 0.4) is 0 Å². The Morgan fingerprint density at radius 1 is 1.00 bits per heavy atom. The first-order valence-electron chi connectivity index (χ1n) is 5.74. The molecule has 2 aromatic carbocycles. The predicted octanol–water partition coefficient (Wildman–Crippen LogP) is 3.74. The fourth-order valence-electron chi connectivity index (χ4n) is 1.59. The third-order valence-corrected chi connectivity index (χ3v) is 4.19. The molecular formula is C15H13FO2S. The predicted molar refractivity (Wildman–Crippen MR) is 73.9 cm³/mol. The Labute approximate surface area is 112 Å². The Hall–Kier alpha value is -1.94. The lowest BCUT2D eigenvalue weighted by molar-refractivity contribution is 0.579. The van der Waals surface area contributed by atoms with Crippen molar-refractivity contribution in [3.05, 3.63) is 70.9 Å². The first kappa shape index (κ1) is 13.5. The van der Waals surface area contributed by atoms with Gasteiger partial charge in [0.25, 0.3) is 0 Å². The van der Waals surface area contributed by atoms with Crippen LogP contribution >= 0.6 is 0 Å². The van der Waals surface area contributed by atoms with Crippen molar-refractivity contribution >= 4 is 15.9 Å². The lowest BCUT2D eigenvalue weighted by Gasteiger charge is -2.02. The van der Waals surface area contributed by atoms with Gasteiger partial charge in [0.05, 0.1) is 4.90 Å². The second-order valence-electron chi connectivity index (χ2n) is 4.18. The Morgan fingerprint density at radius 2 is 1.58 bits per heavy atom. The molecule has 0 fully saturated rings. The SMILES string of the molecule is Cc1ccc(S(=O)(=O)/C(F)=C\c2ccccc2)cc1. The summed E-state index contributed by atoms with van der Waals surface area (Å²) in [6.45, 7) is 1.84. The van der Waals surface area contributed by atoms with E-state index in [9.17, 15) is 12.8 Å². The van der Waals surface area contributed by atoms with E-state index in [2.05, 4.69) is 0 Å². The van der Waals surface area contributed by atoms with Gasteiger partial charge in [0, 0.05) is 0 Å². The van der Waals surface area contributed by atoms with Crippen molar-refractivity contribution < 1.29 is 12.8 Å². The summed E-state index contributed by atoms with van der Waals surface area (Å²) < 4.78 is 37.9. The van der Waals surface area contributed by atoms with Gasteiger partial charge < -0.3 is 0 Å². The highest BCUT2D eigenvalue weighted by atomic mass is 32.2. The molecule has 19 heavy (non-hydrogen) atoms. The maximum atomic E-state index is 13.9. The maximum absolute atomic E-state index is 13.9. The molecule has 0 bridgehead atoms. The molecule has 2 rings (SSSR count). The zero-order valence-corrected chi connectivity index (χ0v) is 11.2. The number of hydrogen-bond acceptors (Lipinski definition) is 2. The molecule has 0 aromatic heterocycles. The van der Waals surface area contributed by atoms with Gasteiger partial charge in [-0.25, -0.2) is 8.42 Å². The van der Waals surface area contributed by atoms with Gasteiger partial charge in [0.2, 0.25) is 15.0 Å². The van der Waals surface area contributed by atoms with Gasteiger partial charge in [0.1, 0.15) is 0 Å². The molecule has 0 spiro atoms. The molecule has 0 unspecified atom stereocenters. The third kappa shape index (κ3) is 3.09. The molecule has 0 N–H and O–H groups in total. The van der Waals surface area contributed by atoms with Gasteiger partial charge in [-0.3, -0.25) is 0 Å². The number of sulfone groups is 1. The largest absolute Gasteiger partial charge is 0.233 e. The van der Waals surface area contributed by atoms with Crippen molar-refractivity contribution in [2.75, 3.05) is 0 Å². The zero-order chi connectivity index (χ0) is 13.9. The first-order chi connectivity index (χ1) is 9.00. The van der Waals surface area contributed by atoms with E-state index in [1.807, 2.05) is 6.92 Å². The van der Waals surface area contributed by atoms with Crippen LogP contribution in [0.1, 0.15) is 11.1 Å². The van der Waals surface area contributed by atoms with Crippen LogP contribution in [0, 0.1) is 6.92 Å². The van der Waals surface area contributed by atoms with Gasteiger partial charge in [-0.2, -0.15) is 4.39 Å². The normalized spacial score (nSPS) is 12.4. The Bertz CT molecular complexity index is 687. The highest BCUT2D eigenvalue weighted by Crippen LogP contribution is 2.22. The topological polar surface area (TPSA) is 34.1 Å². The number of aryl methyl sites for hydroxylation is 1. The first-order valence-corrected chi connectivity index (χ1v) is 7.22. The molecule has 0 aliphatic heterocycles. The number of halogens is 1. The minimum Gasteiger partial charge on any atom is -0.216 e. The standard InChI is InChI=1S/C15H13FO2S/c1-12-7-9-14(10-8-12)19(17,18)15(16)11-13-5-3-2-4-6-13/h2-11H,1H3/b15-11-. The minimum atomic E-state index is -4.06. The molecule has 0 saturated carbocycles. The highest BCUT2D eigenvalue weighted by Gasteiger charge is 2.20. The summed E-state index contributed by atoms with van der Waals surface area (Å²) in [6, 6.07) is 14.6. The number of rotatable bonds is 3. The lowest BCUT2D eigenvalue weighted by atomic mass is 10.2. The second kappa shape index (κ2) is 5.36. The Kier molecular flexibility index (Phi) is 3.81. The van der Waals surface area contributed by atoms with Crippen LogP contribution < -0.4 is 0 Å². The van der Waals surface area contributed by atoms with Crippen molar-refractivity contribution in [1.29, 1.82) is 0 Å². The minimum absolute atomic E-state index is 0.0391. The molecule has 0 heterocycles. The molecule has 98 valence electrons. The quantitative estimate of drug-likeness (QED) is 0.856. The summed E-state index contributed by atoms with van der Waals surface area (Å²) in [4.78, 5) is -0.0391. The molecule has 0 atom stereocenters. The fourth-order valence-corrected chi connectivity index (χ4v) is 2.60. The van der Waals surface area contributed by atoms with Crippen LogP contribution in [0.25, 0.3) is 6.08 Å². The average Bonchev–Trinajstić information content (AvgIpc) is 2.40. The summed E-state index contributed by atoms with van der Waals surface area (Å²) in [5.41, 5.74) is 1.43. The van der Waals surface area contributed by atoms with Crippen LogP contribution in [0.5, 0.6) is 0 Å². The molecule has 2 nitrogen and oxygen atoms in total. The van der Waals surface area contributed by atoms with E-state index in [4.69, 9.17) is 0 Å². The van der Waals surface area contributed by atoms with E-state index in [0.717, 1.165) is 11.6 Å². The summed E-state index contributed by atoms with van der Waals surface area (Å²) in [6.07, 6.45) is 1.02. The van der Waals surface area contributed by atoms with E-state index in [1.54, 1.807) is 42.5 Å². The van der Waals surface area contributed by atoms with Gasteiger partial charge >= 0.3 is 0 Å². The molecule has 0 aliphatic rings. The monoisotopic (exact) mass is 276 g/mol. The fraction of sp³-hybridized carbons (Fsp3) is 0.0667. The van der Waals surface area contributed by atoms with Crippen LogP contribution in [0.2, 0.25) is 0 Å². The average molecular weight is 276 g/mol. The van der Waals surface area contributed by atoms with Crippen molar-refractivity contribution in [2.45, 2.75) is 11.8 Å². The molecule has 4 heteroatoms. The molecule has 0 saturated heterocycles. The summed E-state index contributed by atoms with van der Waals surface area (Å²) >= 11 is 0. The number of benzene rings is 2. The molecule has 0 aliphatic carbocycles. The van der Waals surface area contributed by atoms with Gasteiger partial charge in [-0.1, -0.05) is 48.0 Å². The second-order valence-corrected chi connectivity index (χ2v) is 6.04. The van der Waals surface area contributed by atoms with E-state index in [-0.39, 0.29) is 4.90 Å². The third-order valence-electron chi connectivity index (χ3n) is 2.67. The van der Waals surface area contributed by atoms with Gasteiger partial charge in [0.15, 0.2) is 0 Å². The van der Waals surface area contributed by atoms with Crippen molar-refractivity contribution in [2.24, 2.45) is 0 Å². The Morgan fingerprint density at radius 3 is 2.16 bits per heavy atom. The van der Waals surface area contributed by atoms with E-state index >= 15 is 0 Å². The summed E-state index contributed by atoms with van der Waals surface area (Å²) in [5, 5.41) is -1.15. The van der Waals surface area contributed by atoms with E-state index < -0.39 is 15.0 Å². The van der Waals surface area contributed by atoms with E-state index in [1.165, 1.54) is 12.1 Å². The van der Waals surface area contributed by atoms with Crippen molar-refractivity contribution in [3.63, 3.8) is 0 Å². The smallest absolute Gasteiger partial charge is 0.216 e. The maximum Gasteiger partial charge on any atom is 0.233 e. The lowest BCUT2D eigenvalue weighted by Crippen LogP contribution is -2.01. The summed E-state index contributed by atoms with van der Waals surface area (Å²) in [5.74, 6) is 0. The Balaban J connectivity index is 2.40. The van der Waals surface area contributed by atoms with Crippen molar-refractivity contribution in [3.8, 4) is 0 Å². The van der Waals surface area contributed by atoms with E-state index in [0.29, 0.717) is 5.56 Å². The summed E-state index contributed by atoms with van der Waals surface area (Å²) in [7, 11) is -4.06. The van der Waals surface area contributed by atoms with Crippen LogP contribution in [0.4, 0.5) is 4.39 Å². The van der Waals surface area contributed by atoms with Crippen LogP contribution in [-0.2, 0) is 9.84 Å². The highest BCUT2D eigenvalue weighted by molar-refractivity contribution is 7.95. The van der Waals surface area contributed by atoms with Gasteiger partial charge in [-0.15, -0.1) is 0 Å². The molecular weight excluding hydrogens is 263 g/mol. The molecule has 0 radical (unpaired) electrons. The van der Waals surface area contributed by atoms with Crippen LogP contribution in [-0.4, -0.2) is 8.42 Å². The molecule has 2 aromatic rings. The van der Waals surface area contributed by atoms with Crippen LogP contribution in [0.15, 0.2) is 64.7 Å².